The van der Waals surface area contributed by atoms with Crippen LogP contribution in [0, 0.1) is 0 Å². The van der Waals surface area contributed by atoms with Crippen LogP contribution < -0.4 is 4.74 Å². The number of hydrogen-bond acceptors (Lipinski definition) is 5. The topological polar surface area (TPSA) is 99.4 Å². The summed E-state index contributed by atoms with van der Waals surface area (Å²) in [5.41, 5.74) is 1.76. The normalized spacial score (nSPS) is 10.6. The molecule has 0 fully saturated rings. The third-order valence-corrected chi connectivity index (χ3v) is 3.13. The van der Waals surface area contributed by atoms with Crippen LogP contribution in [0.25, 0.3) is 0 Å². The summed E-state index contributed by atoms with van der Waals surface area (Å²) in [5, 5.41) is 22.4. The Balaban J connectivity index is 1.93. The number of hydrazone groups is 1. The fourth-order valence-electron chi connectivity index (χ4n) is 1.99. The minimum atomic E-state index is -1.15. The van der Waals surface area contributed by atoms with E-state index in [0.29, 0.717) is 17.9 Å². The maximum atomic E-state index is 10.7. The molecule has 0 saturated heterocycles. The van der Waals surface area contributed by atoms with Gasteiger partial charge in [0.05, 0.1) is 6.21 Å². The zero-order valence-corrected chi connectivity index (χ0v) is 13.4. The molecule has 7 heteroatoms. The van der Waals surface area contributed by atoms with E-state index in [1.807, 2.05) is 30.3 Å². The first kappa shape index (κ1) is 18.0. The van der Waals surface area contributed by atoms with E-state index < -0.39 is 25.0 Å². The maximum absolute atomic E-state index is 10.7. The van der Waals surface area contributed by atoms with Gasteiger partial charge in [0.15, 0.2) is 0 Å². The Hall–Kier alpha value is -3.35. The third kappa shape index (κ3) is 6.74. The minimum absolute atomic E-state index is 0.458. The van der Waals surface area contributed by atoms with Crippen LogP contribution in [0.2, 0.25) is 0 Å². The van der Waals surface area contributed by atoms with Crippen molar-refractivity contribution < 1.29 is 24.5 Å². The molecule has 0 unspecified atom stereocenters. The fourth-order valence-corrected chi connectivity index (χ4v) is 1.99. The van der Waals surface area contributed by atoms with Crippen molar-refractivity contribution in [2.45, 2.75) is 6.61 Å². The quantitative estimate of drug-likeness (QED) is 0.535. The smallest absolute Gasteiger partial charge is 0.324 e. The Morgan fingerprint density at radius 2 is 1.56 bits per heavy atom. The van der Waals surface area contributed by atoms with Crippen LogP contribution in [-0.4, -0.2) is 46.5 Å². The molecule has 7 nitrogen and oxygen atoms in total. The van der Waals surface area contributed by atoms with Crippen LogP contribution in [0.1, 0.15) is 11.1 Å². The molecule has 2 rings (SSSR count). The number of nitrogens with zero attached hydrogens (tertiary/aromatic N) is 2. The molecule has 0 heterocycles. The van der Waals surface area contributed by atoms with Crippen LogP contribution in [0.4, 0.5) is 0 Å². The lowest BCUT2D eigenvalue weighted by Crippen LogP contribution is -2.30. The summed E-state index contributed by atoms with van der Waals surface area (Å²) in [7, 11) is 0. The minimum Gasteiger partial charge on any atom is -0.489 e. The highest BCUT2D eigenvalue weighted by molar-refractivity contribution is 5.80. The van der Waals surface area contributed by atoms with Crippen LogP contribution >= 0.6 is 0 Å². The lowest BCUT2D eigenvalue weighted by Gasteiger charge is -2.13. The second-order valence-corrected chi connectivity index (χ2v) is 5.20. The summed E-state index contributed by atoms with van der Waals surface area (Å²) in [6, 6.07) is 16.8. The second kappa shape index (κ2) is 9.07. The van der Waals surface area contributed by atoms with E-state index in [4.69, 9.17) is 14.9 Å². The Kier molecular flexibility index (Phi) is 6.53. The predicted molar refractivity (Wildman–Crippen MR) is 91.7 cm³/mol. The first-order valence-corrected chi connectivity index (χ1v) is 7.52. The van der Waals surface area contributed by atoms with Gasteiger partial charge in [-0.2, -0.15) is 5.10 Å². The summed E-state index contributed by atoms with van der Waals surface area (Å²) in [4.78, 5) is 21.4. The summed E-state index contributed by atoms with van der Waals surface area (Å²) in [6.45, 7) is -0.512. The van der Waals surface area contributed by atoms with Crippen molar-refractivity contribution in [2.75, 3.05) is 13.1 Å². The molecule has 0 aliphatic heterocycles. The lowest BCUT2D eigenvalue weighted by atomic mass is 10.2. The van der Waals surface area contributed by atoms with E-state index in [1.165, 1.54) is 6.21 Å². The first-order chi connectivity index (χ1) is 12.0. The maximum Gasteiger partial charge on any atom is 0.324 e. The van der Waals surface area contributed by atoms with Gasteiger partial charge in [-0.1, -0.05) is 30.3 Å². The summed E-state index contributed by atoms with van der Waals surface area (Å²) in [5.74, 6) is -1.61. The van der Waals surface area contributed by atoms with Crippen LogP contribution in [-0.2, 0) is 16.2 Å². The number of ether oxygens (including phenoxy) is 1. The van der Waals surface area contributed by atoms with Gasteiger partial charge in [0.25, 0.3) is 0 Å². The van der Waals surface area contributed by atoms with Gasteiger partial charge in [-0.25, -0.2) is 0 Å². The average Bonchev–Trinajstić information content (AvgIpc) is 2.59. The molecule has 25 heavy (non-hydrogen) atoms. The molecule has 0 amide bonds. The van der Waals surface area contributed by atoms with E-state index >= 15 is 0 Å². The highest BCUT2D eigenvalue weighted by atomic mass is 16.5. The molecule has 0 radical (unpaired) electrons. The Morgan fingerprint density at radius 3 is 2.12 bits per heavy atom. The Morgan fingerprint density at radius 1 is 0.960 bits per heavy atom. The number of carbonyl (C=O) groups is 2. The van der Waals surface area contributed by atoms with Crippen LogP contribution in [0.3, 0.4) is 0 Å². The molecule has 0 bridgehead atoms. The van der Waals surface area contributed by atoms with Crippen molar-refractivity contribution in [3.8, 4) is 5.75 Å². The van der Waals surface area contributed by atoms with E-state index in [1.54, 1.807) is 24.3 Å². The Bertz CT molecular complexity index is 713. The number of carboxylic acid groups (broad SMARTS) is 2. The van der Waals surface area contributed by atoms with Gasteiger partial charge < -0.3 is 14.9 Å². The third-order valence-electron chi connectivity index (χ3n) is 3.13. The van der Waals surface area contributed by atoms with Gasteiger partial charge in [-0.05, 0) is 35.4 Å². The SMILES string of the molecule is O=C(O)CN(CC(=O)O)/N=C\c1ccc(OCc2ccccc2)cc1. The highest BCUT2D eigenvalue weighted by Crippen LogP contribution is 2.13. The number of rotatable bonds is 9. The summed E-state index contributed by atoms with van der Waals surface area (Å²) < 4.78 is 5.67. The second-order valence-electron chi connectivity index (χ2n) is 5.20. The molecule has 0 aliphatic carbocycles. The van der Waals surface area contributed by atoms with Crippen LogP contribution in [0.5, 0.6) is 5.75 Å². The van der Waals surface area contributed by atoms with Crippen molar-refractivity contribution in [1.29, 1.82) is 0 Å². The fraction of sp³-hybridized carbons (Fsp3) is 0.167. The van der Waals surface area contributed by atoms with E-state index in [9.17, 15) is 9.59 Å². The van der Waals surface area contributed by atoms with Gasteiger partial charge in [0.2, 0.25) is 0 Å². The van der Waals surface area contributed by atoms with Crippen LogP contribution in [0.15, 0.2) is 59.7 Å². The van der Waals surface area contributed by atoms with Crippen molar-refractivity contribution in [2.24, 2.45) is 5.10 Å². The largest absolute Gasteiger partial charge is 0.489 e. The van der Waals surface area contributed by atoms with Gasteiger partial charge in [0.1, 0.15) is 25.4 Å². The van der Waals surface area contributed by atoms with Crippen molar-refractivity contribution >= 4 is 18.2 Å². The number of benzene rings is 2. The molecule has 2 aromatic rings. The zero-order valence-electron chi connectivity index (χ0n) is 13.4. The van der Waals surface area contributed by atoms with E-state index in [2.05, 4.69) is 5.10 Å². The lowest BCUT2D eigenvalue weighted by molar-refractivity contribution is -0.141. The molecule has 0 aliphatic rings. The van der Waals surface area contributed by atoms with E-state index in [-0.39, 0.29) is 0 Å². The summed E-state index contributed by atoms with van der Waals surface area (Å²) >= 11 is 0. The van der Waals surface area contributed by atoms with E-state index in [0.717, 1.165) is 10.6 Å². The molecule has 0 aromatic heterocycles. The zero-order chi connectivity index (χ0) is 18.1. The standard InChI is InChI=1S/C18H18N2O5/c21-17(22)11-20(12-18(23)24)19-10-14-6-8-16(9-7-14)25-13-15-4-2-1-3-5-15/h1-10H,11-13H2,(H,21,22)(H,23,24)/b19-10-. The van der Waals surface area contributed by atoms with Gasteiger partial charge >= 0.3 is 11.9 Å². The molecular formula is C18H18N2O5. The monoisotopic (exact) mass is 342 g/mol. The number of hydrogen-bond donors (Lipinski definition) is 2. The summed E-state index contributed by atoms with van der Waals surface area (Å²) in [6.07, 6.45) is 1.41. The number of carboxylic acids is 2. The molecular weight excluding hydrogens is 324 g/mol. The van der Waals surface area contributed by atoms with Crippen molar-refractivity contribution in [3.05, 3.63) is 65.7 Å². The molecule has 130 valence electrons. The average molecular weight is 342 g/mol. The Labute approximate surface area is 144 Å². The molecule has 0 atom stereocenters. The van der Waals surface area contributed by atoms with Gasteiger partial charge in [0, 0.05) is 0 Å². The van der Waals surface area contributed by atoms with Gasteiger partial charge in [-0.15, -0.1) is 0 Å². The molecule has 2 aromatic carbocycles. The first-order valence-electron chi connectivity index (χ1n) is 7.52. The molecule has 0 saturated carbocycles. The predicted octanol–water partition coefficient (Wildman–Crippen LogP) is 2.07. The van der Waals surface area contributed by atoms with Gasteiger partial charge in [-0.3, -0.25) is 14.6 Å². The van der Waals surface area contributed by atoms with Crippen molar-refractivity contribution in [1.82, 2.24) is 5.01 Å². The highest BCUT2D eigenvalue weighted by Gasteiger charge is 2.10. The van der Waals surface area contributed by atoms with Crippen molar-refractivity contribution in [3.63, 3.8) is 0 Å². The molecule has 2 N–H and O–H groups in total. The number of aliphatic carboxylic acids is 2. The molecule has 0 spiro atoms.